The fraction of sp³-hybridized carbons (Fsp3) is 0.500. The molecule has 3 N–H and O–H groups in total. The number of carboxylic acid groups (broad SMARTS) is 1. The number of hydrogen-bond acceptors (Lipinski definition) is 2. The maximum Gasteiger partial charge on any atom is 0.391 e. The van der Waals surface area contributed by atoms with Gasteiger partial charge in [0.05, 0.1) is 6.42 Å². The molecule has 0 aromatic heterocycles. The Kier molecular flexibility index (Phi) is 7.54. The van der Waals surface area contributed by atoms with Crippen LogP contribution in [-0.4, -0.2) is 35.4 Å². The molecule has 134 valence electrons. The number of urea groups is 1. The van der Waals surface area contributed by atoms with E-state index in [2.05, 4.69) is 10.6 Å². The minimum Gasteiger partial charge on any atom is -0.481 e. The number of halogens is 3. The van der Waals surface area contributed by atoms with E-state index in [-0.39, 0.29) is 12.8 Å². The van der Waals surface area contributed by atoms with Gasteiger partial charge in [0, 0.05) is 18.5 Å². The van der Waals surface area contributed by atoms with E-state index in [1.807, 2.05) is 30.3 Å². The highest BCUT2D eigenvalue weighted by atomic mass is 19.4. The molecule has 0 bridgehead atoms. The summed E-state index contributed by atoms with van der Waals surface area (Å²) in [6.45, 7) is 1.26. The van der Waals surface area contributed by atoms with Crippen LogP contribution in [0.25, 0.3) is 0 Å². The monoisotopic (exact) mass is 346 g/mol. The molecule has 8 heteroatoms. The van der Waals surface area contributed by atoms with Gasteiger partial charge >= 0.3 is 18.2 Å². The van der Waals surface area contributed by atoms with Crippen molar-refractivity contribution in [3.63, 3.8) is 0 Å². The van der Waals surface area contributed by atoms with Crippen LogP contribution >= 0.6 is 0 Å². The first-order chi connectivity index (χ1) is 11.2. The first-order valence-corrected chi connectivity index (χ1v) is 7.55. The van der Waals surface area contributed by atoms with Crippen molar-refractivity contribution in [2.45, 2.75) is 50.9 Å². The first-order valence-electron chi connectivity index (χ1n) is 7.55. The molecule has 1 aromatic carbocycles. The zero-order valence-electron chi connectivity index (χ0n) is 13.3. The van der Waals surface area contributed by atoms with Crippen LogP contribution in [0.4, 0.5) is 18.0 Å². The molecule has 24 heavy (non-hydrogen) atoms. The number of benzene rings is 1. The largest absolute Gasteiger partial charge is 0.481 e. The van der Waals surface area contributed by atoms with Gasteiger partial charge in [0.2, 0.25) is 0 Å². The summed E-state index contributed by atoms with van der Waals surface area (Å²) >= 11 is 0. The smallest absolute Gasteiger partial charge is 0.391 e. The van der Waals surface area contributed by atoms with Crippen molar-refractivity contribution in [2.24, 2.45) is 0 Å². The third-order valence-electron chi connectivity index (χ3n) is 3.28. The van der Waals surface area contributed by atoms with E-state index >= 15 is 0 Å². The zero-order chi connectivity index (χ0) is 18.2. The van der Waals surface area contributed by atoms with Gasteiger partial charge < -0.3 is 15.7 Å². The fourth-order valence-corrected chi connectivity index (χ4v) is 2.27. The second-order valence-electron chi connectivity index (χ2n) is 5.66. The molecule has 1 rings (SSSR count). The van der Waals surface area contributed by atoms with E-state index in [0.29, 0.717) is 6.42 Å². The summed E-state index contributed by atoms with van der Waals surface area (Å²) in [5.74, 6) is -0.999. The van der Waals surface area contributed by atoms with E-state index in [0.717, 1.165) is 5.56 Å². The average molecular weight is 346 g/mol. The number of hydrogen-bond donors (Lipinski definition) is 3. The molecule has 0 aliphatic heterocycles. The maximum atomic E-state index is 12.3. The van der Waals surface area contributed by atoms with Crippen molar-refractivity contribution in [3.8, 4) is 0 Å². The standard InChI is InChI=1S/C16H21F3N2O3/c1-11(10-16(17,18)19)20-15(24)21-13(7-8-14(22)23)9-12-5-3-2-4-6-12/h2-6,11,13H,7-10H2,1H3,(H,22,23)(H2,20,21,24). The molecule has 0 saturated heterocycles. The lowest BCUT2D eigenvalue weighted by atomic mass is 10.0. The third kappa shape index (κ3) is 9.02. The van der Waals surface area contributed by atoms with Gasteiger partial charge in [0.1, 0.15) is 0 Å². The number of carbonyl (C=O) groups excluding carboxylic acids is 1. The highest BCUT2D eigenvalue weighted by Crippen LogP contribution is 2.21. The number of nitrogens with one attached hydrogen (secondary N) is 2. The van der Waals surface area contributed by atoms with Crippen LogP contribution < -0.4 is 10.6 Å². The van der Waals surface area contributed by atoms with Gasteiger partial charge in [-0.2, -0.15) is 13.2 Å². The van der Waals surface area contributed by atoms with Crippen molar-refractivity contribution in [1.82, 2.24) is 10.6 Å². The quantitative estimate of drug-likeness (QED) is 0.677. The Balaban J connectivity index is 2.59. The Labute approximate surface area is 138 Å². The Morgan fingerprint density at radius 2 is 1.79 bits per heavy atom. The van der Waals surface area contributed by atoms with Gasteiger partial charge in [-0.3, -0.25) is 4.79 Å². The molecule has 2 amide bonds. The predicted octanol–water partition coefficient (Wildman–Crippen LogP) is 3.10. The number of alkyl halides is 3. The summed E-state index contributed by atoms with van der Waals surface area (Å²) in [7, 11) is 0. The van der Waals surface area contributed by atoms with Crippen molar-refractivity contribution < 1.29 is 27.9 Å². The van der Waals surface area contributed by atoms with Gasteiger partial charge in [-0.25, -0.2) is 4.79 Å². The first kappa shape index (κ1) is 19.8. The van der Waals surface area contributed by atoms with Gasteiger partial charge in [-0.15, -0.1) is 0 Å². The minimum absolute atomic E-state index is 0.143. The second-order valence-corrected chi connectivity index (χ2v) is 5.66. The lowest BCUT2D eigenvalue weighted by molar-refractivity contribution is -0.139. The van der Waals surface area contributed by atoms with Crippen LogP contribution in [0, 0.1) is 0 Å². The van der Waals surface area contributed by atoms with E-state index in [9.17, 15) is 22.8 Å². The number of aliphatic carboxylic acids is 1. The Hall–Kier alpha value is -2.25. The maximum absolute atomic E-state index is 12.3. The molecule has 0 fully saturated rings. The molecule has 0 radical (unpaired) electrons. The average Bonchev–Trinajstić information content (AvgIpc) is 2.43. The lowest BCUT2D eigenvalue weighted by Crippen LogP contribution is -2.47. The molecular weight excluding hydrogens is 325 g/mol. The summed E-state index contributed by atoms with van der Waals surface area (Å²) in [5.41, 5.74) is 0.900. The Morgan fingerprint density at radius 3 is 2.33 bits per heavy atom. The van der Waals surface area contributed by atoms with Crippen molar-refractivity contribution in [3.05, 3.63) is 35.9 Å². The van der Waals surface area contributed by atoms with Crippen molar-refractivity contribution >= 4 is 12.0 Å². The second kappa shape index (κ2) is 9.14. The fourth-order valence-electron chi connectivity index (χ4n) is 2.27. The molecule has 5 nitrogen and oxygen atoms in total. The molecule has 2 atom stereocenters. The summed E-state index contributed by atoms with van der Waals surface area (Å²) in [5, 5.41) is 13.6. The number of rotatable bonds is 8. The van der Waals surface area contributed by atoms with Gasteiger partial charge in [-0.1, -0.05) is 30.3 Å². The van der Waals surface area contributed by atoms with Crippen LogP contribution in [0.15, 0.2) is 30.3 Å². The molecule has 0 aliphatic rings. The summed E-state index contributed by atoms with van der Waals surface area (Å²) < 4.78 is 36.8. The van der Waals surface area contributed by atoms with Gasteiger partial charge in [0.25, 0.3) is 0 Å². The highest BCUT2D eigenvalue weighted by molar-refractivity contribution is 5.74. The molecule has 0 aliphatic carbocycles. The predicted molar refractivity (Wildman–Crippen MR) is 82.6 cm³/mol. The van der Waals surface area contributed by atoms with Gasteiger partial charge in [-0.05, 0) is 25.3 Å². The van der Waals surface area contributed by atoms with Gasteiger partial charge in [0.15, 0.2) is 0 Å². The molecular formula is C16H21F3N2O3. The third-order valence-corrected chi connectivity index (χ3v) is 3.28. The van der Waals surface area contributed by atoms with E-state index < -0.39 is 36.7 Å². The molecule has 0 spiro atoms. The van der Waals surface area contributed by atoms with E-state index in [1.54, 1.807) is 0 Å². The van der Waals surface area contributed by atoms with E-state index in [4.69, 9.17) is 5.11 Å². The lowest BCUT2D eigenvalue weighted by Gasteiger charge is -2.21. The van der Waals surface area contributed by atoms with Crippen LogP contribution in [0.5, 0.6) is 0 Å². The minimum atomic E-state index is -4.36. The highest BCUT2D eigenvalue weighted by Gasteiger charge is 2.30. The Morgan fingerprint density at radius 1 is 1.17 bits per heavy atom. The van der Waals surface area contributed by atoms with E-state index in [1.165, 1.54) is 6.92 Å². The number of carbonyl (C=O) groups is 2. The van der Waals surface area contributed by atoms with Crippen LogP contribution in [0.2, 0.25) is 0 Å². The van der Waals surface area contributed by atoms with Crippen LogP contribution in [-0.2, 0) is 11.2 Å². The molecule has 0 heterocycles. The molecule has 0 saturated carbocycles. The van der Waals surface area contributed by atoms with Crippen LogP contribution in [0.1, 0.15) is 31.7 Å². The number of amides is 2. The summed E-state index contributed by atoms with van der Waals surface area (Å²) in [6, 6.07) is 6.83. The summed E-state index contributed by atoms with van der Waals surface area (Å²) in [6.07, 6.45) is -5.05. The Bertz CT molecular complexity index is 535. The number of carboxylic acids is 1. The zero-order valence-corrected chi connectivity index (χ0v) is 13.3. The molecule has 2 unspecified atom stereocenters. The summed E-state index contributed by atoms with van der Waals surface area (Å²) in [4.78, 5) is 22.6. The van der Waals surface area contributed by atoms with Crippen molar-refractivity contribution in [1.29, 1.82) is 0 Å². The molecule has 1 aromatic rings. The normalized spacial score (nSPS) is 13.8. The van der Waals surface area contributed by atoms with Crippen molar-refractivity contribution in [2.75, 3.05) is 0 Å². The topological polar surface area (TPSA) is 78.4 Å². The SMILES string of the molecule is CC(CC(F)(F)F)NC(=O)NC(CCC(=O)O)Cc1ccccc1. The van der Waals surface area contributed by atoms with Crippen LogP contribution in [0.3, 0.4) is 0 Å².